The molecule has 0 atom stereocenters. The van der Waals surface area contributed by atoms with Crippen LogP contribution < -0.4 is 11.1 Å². The molecule has 0 fully saturated rings. The molecule has 6 nitrogen and oxygen atoms in total. The molecule has 6 aromatic rings. The summed E-state index contributed by atoms with van der Waals surface area (Å²) in [6, 6.07) is 16.3. The van der Waals surface area contributed by atoms with E-state index in [1.807, 2.05) is 36.4 Å². The third kappa shape index (κ3) is 2.61. The number of hydrogen-bond donors (Lipinski definition) is 2. The quantitative estimate of drug-likeness (QED) is 0.420. The number of fused-ring (bicyclic) bond motifs is 6. The normalized spacial score (nSPS) is 11.8. The summed E-state index contributed by atoms with van der Waals surface area (Å²) in [6.07, 6.45) is 1.61. The molecule has 0 saturated heterocycles. The lowest BCUT2D eigenvalue weighted by molar-refractivity contribution is 0.527. The third-order valence-electron chi connectivity index (χ3n) is 5.96. The van der Waals surface area contributed by atoms with Crippen molar-refractivity contribution >= 4 is 43.8 Å². The first kappa shape index (κ1) is 18.5. The molecule has 0 radical (unpaired) electrons. The van der Waals surface area contributed by atoms with Gasteiger partial charge in [0.25, 0.3) is 5.56 Å². The maximum Gasteiger partial charge on any atom is 0.253 e. The number of halogens is 1. The van der Waals surface area contributed by atoms with Gasteiger partial charge in [-0.3, -0.25) is 10.2 Å². The Morgan fingerprint density at radius 3 is 2.84 bits per heavy atom. The molecule has 0 bridgehead atoms. The fourth-order valence-corrected chi connectivity index (χ4v) is 4.44. The number of H-pyrrole nitrogens is 1. The van der Waals surface area contributed by atoms with Crippen LogP contribution in [0.4, 0.5) is 4.39 Å². The van der Waals surface area contributed by atoms with E-state index in [4.69, 9.17) is 9.83 Å². The Bertz CT molecular complexity index is 1830. The molecule has 0 spiro atoms. The van der Waals surface area contributed by atoms with E-state index in [0.29, 0.717) is 27.9 Å². The maximum absolute atomic E-state index is 14.6. The lowest BCUT2D eigenvalue weighted by Gasteiger charge is -2.09. The average Bonchev–Trinajstić information content (AvgIpc) is 3.08. The van der Waals surface area contributed by atoms with Gasteiger partial charge in [0, 0.05) is 33.4 Å². The lowest BCUT2D eigenvalue weighted by Crippen LogP contribution is -2.17. The number of rotatable bonds is 2. The van der Waals surface area contributed by atoms with E-state index in [-0.39, 0.29) is 23.5 Å². The maximum atomic E-state index is 14.6. The number of benzene rings is 2. The highest BCUT2D eigenvalue weighted by atomic mass is 19.1. The van der Waals surface area contributed by atoms with E-state index < -0.39 is 0 Å². The van der Waals surface area contributed by atoms with Gasteiger partial charge in [0.1, 0.15) is 11.3 Å². The minimum absolute atomic E-state index is 0.0855. The molecule has 0 aliphatic rings. The van der Waals surface area contributed by atoms with Crippen LogP contribution in [0.2, 0.25) is 0 Å². The van der Waals surface area contributed by atoms with Crippen LogP contribution in [0.3, 0.4) is 0 Å². The van der Waals surface area contributed by atoms with Gasteiger partial charge in [-0.1, -0.05) is 18.2 Å². The first-order valence-corrected chi connectivity index (χ1v) is 10.2. The molecule has 0 saturated carbocycles. The molecule has 0 amide bonds. The fraction of sp³-hybridized carbons (Fsp3) is 0.0800. The van der Waals surface area contributed by atoms with E-state index in [1.54, 1.807) is 29.8 Å². The summed E-state index contributed by atoms with van der Waals surface area (Å²) in [5, 5.41) is 11.8. The van der Waals surface area contributed by atoms with E-state index in [0.717, 1.165) is 27.1 Å². The van der Waals surface area contributed by atoms with Crippen LogP contribution in [-0.4, -0.2) is 14.5 Å². The molecule has 7 heteroatoms. The van der Waals surface area contributed by atoms with E-state index >= 15 is 0 Å². The van der Waals surface area contributed by atoms with E-state index in [1.165, 1.54) is 6.07 Å². The molecule has 4 aromatic heterocycles. The van der Waals surface area contributed by atoms with Crippen molar-refractivity contribution in [3.63, 3.8) is 0 Å². The highest BCUT2D eigenvalue weighted by molar-refractivity contribution is 6.18. The summed E-state index contributed by atoms with van der Waals surface area (Å²) in [5.74, 6) is -0.347. The fourth-order valence-electron chi connectivity index (χ4n) is 4.44. The molecule has 0 aliphatic carbocycles. The summed E-state index contributed by atoms with van der Waals surface area (Å²) < 4.78 is 22.1. The van der Waals surface area contributed by atoms with Crippen LogP contribution >= 0.6 is 0 Å². The van der Waals surface area contributed by atoms with Crippen molar-refractivity contribution in [1.29, 1.82) is 5.41 Å². The van der Waals surface area contributed by atoms with Crippen molar-refractivity contribution in [2.45, 2.75) is 13.5 Å². The molecule has 2 N–H and O–H groups in total. The van der Waals surface area contributed by atoms with Crippen LogP contribution in [0.1, 0.15) is 11.1 Å². The van der Waals surface area contributed by atoms with Gasteiger partial charge in [-0.05, 0) is 54.3 Å². The van der Waals surface area contributed by atoms with Gasteiger partial charge < -0.3 is 14.0 Å². The largest absolute Gasteiger partial charge is 0.418 e. The van der Waals surface area contributed by atoms with Gasteiger partial charge in [0.05, 0.1) is 12.1 Å². The van der Waals surface area contributed by atoms with Crippen LogP contribution in [-0.2, 0) is 6.54 Å². The minimum Gasteiger partial charge on any atom is -0.418 e. The summed E-state index contributed by atoms with van der Waals surface area (Å²) in [6.45, 7) is 1.87. The number of nitrogens with one attached hydrogen (secondary N) is 2. The summed E-state index contributed by atoms with van der Waals surface area (Å²) in [5.41, 5.74) is 2.88. The third-order valence-corrected chi connectivity index (χ3v) is 5.96. The number of hydrogen-bond acceptors (Lipinski definition) is 4. The Morgan fingerprint density at radius 1 is 1.12 bits per heavy atom. The van der Waals surface area contributed by atoms with Crippen molar-refractivity contribution in [2.24, 2.45) is 0 Å². The van der Waals surface area contributed by atoms with Crippen molar-refractivity contribution in [1.82, 2.24) is 14.5 Å². The first-order valence-electron chi connectivity index (χ1n) is 10.2. The Morgan fingerprint density at radius 2 is 1.97 bits per heavy atom. The lowest BCUT2D eigenvalue weighted by atomic mass is 10.1. The first-order chi connectivity index (χ1) is 15.5. The molecule has 0 aliphatic heterocycles. The minimum atomic E-state index is -0.347. The molecule has 6 rings (SSSR count). The smallest absolute Gasteiger partial charge is 0.253 e. The van der Waals surface area contributed by atoms with Crippen molar-refractivity contribution in [3.05, 3.63) is 93.6 Å². The molecular formula is C25H17FN4O2. The summed E-state index contributed by atoms with van der Waals surface area (Å²) >= 11 is 0. The molecule has 2 aromatic carbocycles. The van der Waals surface area contributed by atoms with Crippen LogP contribution in [0.15, 0.2) is 70.0 Å². The number of aromatic nitrogens is 3. The molecule has 32 heavy (non-hydrogen) atoms. The predicted octanol–water partition coefficient (Wildman–Crippen LogP) is 4.75. The second-order valence-electron chi connectivity index (χ2n) is 7.93. The standard InChI is InChI=1S/C25H17FN4O2/c1-13-9-17-20(11-18(13)26)30(12-15-10-14-5-2-3-7-19(14)29-24(15)31)22-21(17)16-6-4-8-28-25(16)32-23(22)27/h2-11,27H,12H2,1H3,(H,29,31). The number of nitrogens with zero attached hydrogens (tertiary/aromatic N) is 2. The summed E-state index contributed by atoms with van der Waals surface area (Å²) in [4.78, 5) is 20.0. The van der Waals surface area contributed by atoms with Crippen LogP contribution in [0.5, 0.6) is 0 Å². The van der Waals surface area contributed by atoms with Gasteiger partial charge in [-0.2, -0.15) is 0 Å². The summed E-state index contributed by atoms with van der Waals surface area (Å²) in [7, 11) is 0. The zero-order valence-corrected chi connectivity index (χ0v) is 17.1. The molecule has 156 valence electrons. The monoisotopic (exact) mass is 424 g/mol. The van der Waals surface area contributed by atoms with Gasteiger partial charge in [-0.25, -0.2) is 9.37 Å². The predicted molar refractivity (Wildman–Crippen MR) is 121 cm³/mol. The van der Waals surface area contributed by atoms with Crippen molar-refractivity contribution in [2.75, 3.05) is 0 Å². The number of para-hydroxylation sites is 1. The molecule has 0 unspecified atom stereocenters. The van der Waals surface area contributed by atoms with Gasteiger partial charge in [0.15, 0.2) is 0 Å². The van der Waals surface area contributed by atoms with Crippen molar-refractivity contribution in [3.8, 4) is 0 Å². The van der Waals surface area contributed by atoms with Crippen molar-refractivity contribution < 1.29 is 8.81 Å². The number of pyridine rings is 2. The SMILES string of the molecule is Cc1cc2c3c4cccnc4oc(=N)c3n(Cc3cc4ccccc4[nH]c3=O)c2cc1F. The highest BCUT2D eigenvalue weighted by Gasteiger charge is 2.20. The number of aryl methyl sites for hydroxylation is 1. The van der Waals surface area contributed by atoms with E-state index in [9.17, 15) is 9.18 Å². The van der Waals surface area contributed by atoms with Gasteiger partial charge in [-0.15, -0.1) is 0 Å². The Hall–Kier alpha value is -4.26. The second-order valence-corrected chi connectivity index (χ2v) is 7.93. The Kier molecular flexibility index (Phi) is 3.83. The molecule has 4 heterocycles. The highest BCUT2D eigenvalue weighted by Crippen LogP contribution is 2.34. The molecular weight excluding hydrogens is 407 g/mol. The second kappa shape index (κ2) is 6.62. The Balaban J connectivity index is 1.74. The zero-order valence-electron chi connectivity index (χ0n) is 17.1. The number of aromatic amines is 1. The topological polar surface area (TPSA) is 87.7 Å². The van der Waals surface area contributed by atoms with Crippen LogP contribution in [0, 0.1) is 18.2 Å². The van der Waals surface area contributed by atoms with E-state index in [2.05, 4.69) is 9.97 Å². The van der Waals surface area contributed by atoms with Gasteiger partial charge >= 0.3 is 0 Å². The average molecular weight is 424 g/mol. The Labute approximate surface area is 180 Å². The van der Waals surface area contributed by atoms with Gasteiger partial charge in [0.2, 0.25) is 11.3 Å². The zero-order chi connectivity index (χ0) is 22.0. The van der Waals surface area contributed by atoms with Crippen LogP contribution in [0.25, 0.3) is 43.8 Å².